The SMILES string of the molecule is O=C1N[C@@H](c2cccc(C#Cc3ncccc3F)n2)[C@H](c2ccc(F)cc2)O1.O=C1N[C@H](c2cccc(C#Cc3ncccc3F)n2)[C@@H](c2ccc(F)cc2)O1. The highest BCUT2D eigenvalue weighted by atomic mass is 19.1. The highest BCUT2D eigenvalue weighted by Gasteiger charge is 2.38. The molecule has 0 spiro atoms. The van der Waals surface area contributed by atoms with Gasteiger partial charge in [0.15, 0.2) is 23.8 Å². The summed E-state index contributed by atoms with van der Waals surface area (Å²) in [4.78, 5) is 40.2. The summed E-state index contributed by atoms with van der Waals surface area (Å²) in [6, 6.07) is 26.1. The molecule has 2 N–H and O–H groups in total. The number of hydrogen-bond acceptors (Lipinski definition) is 8. The first-order valence-corrected chi connectivity index (χ1v) is 16.8. The molecule has 0 saturated carbocycles. The molecule has 6 aromatic rings. The molecule has 4 aromatic heterocycles. The van der Waals surface area contributed by atoms with Crippen LogP contribution in [0.1, 0.15) is 69.6 Å². The summed E-state index contributed by atoms with van der Waals surface area (Å²) >= 11 is 0. The Morgan fingerprint density at radius 1 is 0.500 bits per heavy atom. The van der Waals surface area contributed by atoms with Crippen LogP contribution in [0.2, 0.25) is 0 Å². The van der Waals surface area contributed by atoms with E-state index in [0.29, 0.717) is 33.9 Å². The van der Waals surface area contributed by atoms with Crippen LogP contribution in [0.25, 0.3) is 0 Å². The van der Waals surface area contributed by atoms with Crippen molar-refractivity contribution in [2.75, 3.05) is 0 Å². The molecular formula is C42H26F4N6O4. The van der Waals surface area contributed by atoms with Crippen LogP contribution in [-0.4, -0.2) is 32.1 Å². The lowest BCUT2D eigenvalue weighted by molar-refractivity contribution is 0.131. The Hall–Kier alpha value is -7.58. The number of ether oxygens (including phenoxy) is 2. The third kappa shape index (κ3) is 8.78. The molecule has 4 atom stereocenters. The molecule has 276 valence electrons. The van der Waals surface area contributed by atoms with Gasteiger partial charge in [0.25, 0.3) is 0 Å². The number of hydrogen-bond donors (Lipinski definition) is 2. The molecule has 2 aliphatic rings. The van der Waals surface area contributed by atoms with E-state index in [1.165, 1.54) is 60.9 Å². The van der Waals surface area contributed by atoms with Gasteiger partial charge in [-0.15, -0.1) is 0 Å². The van der Waals surface area contributed by atoms with Crippen LogP contribution >= 0.6 is 0 Å². The first-order chi connectivity index (χ1) is 27.2. The van der Waals surface area contributed by atoms with Crippen LogP contribution in [0.4, 0.5) is 27.2 Å². The molecule has 6 heterocycles. The van der Waals surface area contributed by atoms with Crippen molar-refractivity contribution in [2.45, 2.75) is 24.3 Å². The third-order valence-electron chi connectivity index (χ3n) is 8.33. The Labute approximate surface area is 317 Å². The van der Waals surface area contributed by atoms with Crippen molar-refractivity contribution in [2.24, 2.45) is 0 Å². The minimum absolute atomic E-state index is 0.0244. The van der Waals surface area contributed by atoms with Crippen molar-refractivity contribution >= 4 is 12.2 Å². The Morgan fingerprint density at radius 3 is 1.30 bits per heavy atom. The minimum atomic E-state index is -0.656. The molecule has 2 aromatic carbocycles. The maximum Gasteiger partial charge on any atom is 0.408 e. The zero-order valence-corrected chi connectivity index (χ0v) is 28.8. The van der Waals surface area contributed by atoms with Gasteiger partial charge in [-0.1, -0.05) is 36.4 Å². The lowest BCUT2D eigenvalue weighted by Crippen LogP contribution is -2.20. The van der Waals surface area contributed by atoms with Gasteiger partial charge in [0, 0.05) is 12.4 Å². The quantitative estimate of drug-likeness (QED) is 0.141. The molecule has 2 saturated heterocycles. The second-order valence-corrected chi connectivity index (χ2v) is 12.1. The zero-order valence-electron chi connectivity index (χ0n) is 28.8. The number of nitrogens with one attached hydrogen (secondary N) is 2. The number of nitrogens with zero attached hydrogens (tertiary/aromatic N) is 4. The Balaban J connectivity index is 0.000000172. The van der Waals surface area contributed by atoms with Crippen LogP contribution in [-0.2, 0) is 9.47 Å². The summed E-state index contributed by atoms with van der Waals surface area (Å²) in [6.45, 7) is 0. The van der Waals surface area contributed by atoms with E-state index in [0.717, 1.165) is 0 Å². The number of cyclic esters (lactones) is 2. The normalized spacial score (nSPS) is 18.0. The van der Waals surface area contributed by atoms with Crippen molar-refractivity contribution in [3.8, 4) is 23.7 Å². The van der Waals surface area contributed by atoms with Gasteiger partial charge in [-0.25, -0.2) is 47.1 Å². The lowest BCUT2D eigenvalue weighted by Gasteiger charge is -2.17. The highest BCUT2D eigenvalue weighted by Crippen LogP contribution is 2.37. The van der Waals surface area contributed by atoms with Crippen molar-refractivity contribution in [1.29, 1.82) is 0 Å². The Morgan fingerprint density at radius 2 is 0.911 bits per heavy atom. The summed E-state index contributed by atoms with van der Waals surface area (Å²) in [7, 11) is 0. The van der Waals surface area contributed by atoms with Gasteiger partial charge >= 0.3 is 12.2 Å². The molecule has 2 amide bonds. The van der Waals surface area contributed by atoms with E-state index in [1.807, 2.05) is 0 Å². The second-order valence-electron chi connectivity index (χ2n) is 12.1. The van der Waals surface area contributed by atoms with Crippen molar-refractivity contribution in [1.82, 2.24) is 30.6 Å². The fourth-order valence-electron chi connectivity index (χ4n) is 5.71. The van der Waals surface area contributed by atoms with E-state index < -0.39 is 48.1 Å². The summed E-state index contributed by atoms with van der Waals surface area (Å²) < 4.78 is 64.4. The van der Waals surface area contributed by atoms with Crippen molar-refractivity contribution in [3.63, 3.8) is 0 Å². The first-order valence-electron chi connectivity index (χ1n) is 16.8. The summed E-state index contributed by atoms with van der Waals surface area (Å²) in [5, 5.41) is 5.41. The van der Waals surface area contributed by atoms with Gasteiger partial charge in [-0.2, -0.15) is 0 Å². The zero-order chi connectivity index (χ0) is 39.0. The van der Waals surface area contributed by atoms with E-state index in [-0.39, 0.29) is 23.0 Å². The van der Waals surface area contributed by atoms with Gasteiger partial charge in [0.2, 0.25) is 0 Å². The summed E-state index contributed by atoms with van der Waals surface area (Å²) in [6.07, 6.45) is 0.418. The number of carbonyl (C=O) groups is 2. The number of carbonyl (C=O) groups excluding carboxylic acids is 2. The third-order valence-corrected chi connectivity index (χ3v) is 8.33. The van der Waals surface area contributed by atoms with Gasteiger partial charge in [0.1, 0.15) is 46.5 Å². The van der Waals surface area contributed by atoms with Crippen LogP contribution in [0.15, 0.2) is 122 Å². The predicted molar refractivity (Wildman–Crippen MR) is 192 cm³/mol. The molecule has 2 fully saturated rings. The van der Waals surface area contributed by atoms with Crippen molar-refractivity contribution in [3.05, 3.63) is 190 Å². The molecule has 0 bridgehead atoms. The number of amides is 2. The molecule has 14 heteroatoms. The van der Waals surface area contributed by atoms with E-state index >= 15 is 0 Å². The van der Waals surface area contributed by atoms with E-state index in [1.54, 1.807) is 60.7 Å². The van der Waals surface area contributed by atoms with Gasteiger partial charge in [-0.05, 0) is 108 Å². The Kier molecular flexibility index (Phi) is 10.9. The highest BCUT2D eigenvalue weighted by molar-refractivity contribution is 5.71. The smallest absolute Gasteiger partial charge is 0.408 e. The van der Waals surface area contributed by atoms with Crippen LogP contribution in [0.3, 0.4) is 0 Å². The first kappa shape index (κ1) is 36.8. The maximum absolute atomic E-state index is 13.7. The maximum atomic E-state index is 13.7. The summed E-state index contributed by atoms with van der Waals surface area (Å²) in [5.41, 5.74) is 3.15. The average molecular weight is 755 g/mol. The standard InChI is InChI=1S/2C21H13F2N3O2/c2*22-14-8-6-13(7-9-14)20-19(26-21(27)28-20)18-5-1-3-15(25-18)10-11-17-16(23)4-2-12-24-17/h2*1-9,12,19-20H,(H,26,27)/t2*19-,20-/m10/s1. The van der Waals surface area contributed by atoms with Crippen LogP contribution in [0.5, 0.6) is 0 Å². The van der Waals surface area contributed by atoms with E-state index in [4.69, 9.17) is 9.47 Å². The van der Waals surface area contributed by atoms with Gasteiger partial charge < -0.3 is 20.1 Å². The fraction of sp³-hybridized carbons (Fsp3) is 0.0952. The molecule has 56 heavy (non-hydrogen) atoms. The molecule has 0 aliphatic carbocycles. The van der Waals surface area contributed by atoms with Gasteiger partial charge in [0.05, 0.1) is 11.4 Å². The fourth-order valence-corrected chi connectivity index (χ4v) is 5.71. The number of halogens is 4. The largest absolute Gasteiger partial charge is 0.439 e. The second kappa shape index (κ2) is 16.6. The van der Waals surface area contributed by atoms with Gasteiger partial charge in [-0.3, -0.25) is 0 Å². The number of pyridine rings is 4. The monoisotopic (exact) mass is 754 g/mol. The molecular weight excluding hydrogens is 728 g/mol. The molecule has 8 rings (SSSR count). The molecule has 10 nitrogen and oxygen atoms in total. The van der Waals surface area contributed by atoms with E-state index in [9.17, 15) is 27.2 Å². The predicted octanol–water partition coefficient (Wildman–Crippen LogP) is 7.35. The van der Waals surface area contributed by atoms with Crippen molar-refractivity contribution < 1.29 is 36.6 Å². The minimum Gasteiger partial charge on any atom is -0.439 e. The number of aromatic nitrogens is 4. The molecule has 2 aliphatic heterocycles. The average Bonchev–Trinajstić information content (AvgIpc) is 3.81. The van der Waals surface area contributed by atoms with Crippen LogP contribution in [0, 0.1) is 47.0 Å². The number of alkyl carbamates (subject to hydrolysis) is 2. The van der Waals surface area contributed by atoms with E-state index in [2.05, 4.69) is 54.3 Å². The van der Waals surface area contributed by atoms with Crippen LogP contribution < -0.4 is 10.6 Å². The Bertz CT molecular complexity index is 2360. The topological polar surface area (TPSA) is 128 Å². The lowest BCUT2D eigenvalue weighted by atomic mass is 10.00. The summed E-state index contributed by atoms with van der Waals surface area (Å²) in [5.74, 6) is 9.05. The molecule has 0 radical (unpaired) electrons. The number of benzene rings is 2. The molecule has 0 unspecified atom stereocenters. The number of rotatable bonds is 4.